The van der Waals surface area contributed by atoms with Gasteiger partial charge in [-0.3, -0.25) is 0 Å². The molecule has 19 heavy (non-hydrogen) atoms. The van der Waals surface area contributed by atoms with Crippen molar-refractivity contribution in [1.82, 2.24) is 14.8 Å². The molecule has 5 nitrogen and oxygen atoms in total. The number of aromatic nitrogens is 3. The average Bonchev–Trinajstić information content (AvgIpc) is 3.10. The van der Waals surface area contributed by atoms with Crippen LogP contribution in [0.3, 0.4) is 0 Å². The summed E-state index contributed by atoms with van der Waals surface area (Å²) in [4.78, 5) is 16.2. The van der Waals surface area contributed by atoms with E-state index in [1.165, 1.54) is 17.1 Å². The minimum absolute atomic E-state index is 0.141. The van der Waals surface area contributed by atoms with Crippen LogP contribution < -0.4 is 0 Å². The second-order valence-electron chi connectivity index (χ2n) is 3.83. The predicted octanol–water partition coefficient (Wildman–Crippen LogP) is 2.69. The van der Waals surface area contributed by atoms with Crippen molar-refractivity contribution in [3.8, 4) is 16.3 Å². The van der Waals surface area contributed by atoms with Crippen LogP contribution in [0.4, 0.5) is 0 Å². The van der Waals surface area contributed by atoms with Crippen LogP contribution in [0, 0.1) is 0 Å². The molecule has 94 valence electrons. The number of thiophene rings is 1. The number of rotatable bonds is 3. The van der Waals surface area contributed by atoms with Gasteiger partial charge in [0, 0.05) is 22.8 Å². The first-order valence-electron chi connectivity index (χ1n) is 5.53. The number of hydrogen-bond acceptors (Lipinski definition) is 4. The molecule has 0 aliphatic carbocycles. The number of carbonyl (C=O) groups is 1. The van der Waals surface area contributed by atoms with E-state index in [1.54, 1.807) is 17.5 Å². The molecule has 0 unspecified atom stereocenters. The molecule has 6 heteroatoms. The zero-order valence-corrected chi connectivity index (χ0v) is 10.5. The van der Waals surface area contributed by atoms with E-state index < -0.39 is 5.97 Å². The van der Waals surface area contributed by atoms with E-state index in [-0.39, 0.29) is 5.56 Å². The summed E-state index contributed by atoms with van der Waals surface area (Å²) < 4.78 is 1.48. The summed E-state index contributed by atoms with van der Waals surface area (Å²) in [5.41, 5.74) is 1.07. The topological polar surface area (TPSA) is 68.0 Å². The molecule has 3 heterocycles. The fourth-order valence-electron chi connectivity index (χ4n) is 1.75. The Balaban J connectivity index is 2.12. The lowest BCUT2D eigenvalue weighted by atomic mass is 10.2. The van der Waals surface area contributed by atoms with E-state index in [1.807, 2.05) is 29.6 Å². The number of carboxylic acid groups (broad SMARTS) is 1. The second-order valence-corrected chi connectivity index (χ2v) is 4.78. The largest absolute Gasteiger partial charge is 0.478 e. The van der Waals surface area contributed by atoms with Gasteiger partial charge in [-0.25, -0.2) is 14.5 Å². The van der Waals surface area contributed by atoms with Gasteiger partial charge in [0.25, 0.3) is 0 Å². The van der Waals surface area contributed by atoms with Gasteiger partial charge in [0.1, 0.15) is 0 Å². The lowest BCUT2D eigenvalue weighted by Gasteiger charge is -2.05. The van der Waals surface area contributed by atoms with E-state index in [2.05, 4.69) is 10.1 Å². The molecule has 0 bridgehead atoms. The molecule has 0 spiro atoms. The SMILES string of the molecule is O=C(O)c1cnn(-c2ncccc2-c2cccs2)c1. The van der Waals surface area contributed by atoms with Crippen LogP contribution >= 0.6 is 11.3 Å². The zero-order chi connectivity index (χ0) is 13.2. The van der Waals surface area contributed by atoms with Crippen molar-refractivity contribution in [2.45, 2.75) is 0 Å². The summed E-state index contributed by atoms with van der Waals surface area (Å²) >= 11 is 1.60. The van der Waals surface area contributed by atoms with Crippen LogP contribution in [0.1, 0.15) is 10.4 Å². The smallest absolute Gasteiger partial charge is 0.338 e. The molecule has 0 fully saturated rings. The molecule has 0 amide bonds. The van der Waals surface area contributed by atoms with Crippen molar-refractivity contribution in [3.63, 3.8) is 0 Å². The Bertz CT molecular complexity index is 719. The van der Waals surface area contributed by atoms with Gasteiger partial charge in [-0.1, -0.05) is 6.07 Å². The Morgan fingerprint density at radius 3 is 2.89 bits per heavy atom. The van der Waals surface area contributed by atoms with Gasteiger partial charge < -0.3 is 5.11 Å². The first kappa shape index (κ1) is 11.6. The molecular formula is C13H9N3O2S. The summed E-state index contributed by atoms with van der Waals surface area (Å²) in [6, 6.07) is 7.74. The molecule has 0 saturated carbocycles. The average molecular weight is 271 g/mol. The summed E-state index contributed by atoms with van der Waals surface area (Å²) in [5.74, 6) is -0.377. The Labute approximate surface area is 112 Å². The normalized spacial score (nSPS) is 10.5. The van der Waals surface area contributed by atoms with Gasteiger partial charge in [-0.05, 0) is 23.6 Å². The fraction of sp³-hybridized carbons (Fsp3) is 0. The molecule has 0 aromatic carbocycles. The zero-order valence-electron chi connectivity index (χ0n) is 9.72. The highest BCUT2D eigenvalue weighted by Gasteiger charge is 2.12. The van der Waals surface area contributed by atoms with Crippen molar-refractivity contribution in [2.24, 2.45) is 0 Å². The number of nitrogens with zero attached hydrogens (tertiary/aromatic N) is 3. The highest BCUT2D eigenvalue weighted by atomic mass is 32.1. The molecule has 3 rings (SSSR count). The van der Waals surface area contributed by atoms with Gasteiger partial charge in [-0.15, -0.1) is 11.3 Å². The summed E-state index contributed by atoms with van der Waals surface area (Å²) in [7, 11) is 0. The Morgan fingerprint density at radius 2 is 2.21 bits per heavy atom. The maximum absolute atomic E-state index is 10.9. The predicted molar refractivity (Wildman–Crippen MR) is 71.6 cm³/mol. The van der Waals surface area contributed by atoms with Gasteiger partial charge in [0.05, 0.1) is 11.8 Å². The Morgan fingerprint density at radius 1 is 1.32 bits per heavy atom. The van der Waals surface area contributed by atoms with Crippen LogP contribution in [0.5, 0.6) is 0 Å². The van der Waals surface area contributed by atoms with Gasteiger partial charge >= 0.3 is 5.97 Å². The third kappa shape index (κ3) is 2.13. The Hall–Kier alpha value is -2.47. The molecule has 3 aromatic heterocycles. The van der Waals surface area contributed by atoms with Gasteiger partial charge in [-0.2, -0.15) is 5.10 Å². The molecular weight excluding hydrogens is 262 g/mol. The number of hydrogen-bond donors (Lipinski definition) is 1. The minimum Gasteiger partial charge on any atom is -0.478 e. The quantitative estimate of drug-likeness (QED) is 0.795. The number of aromatic carboxylic acids is 1. The van der Waals surface area contributed by atoms with E-state index in [0.29, 0.717) is 5.82 Å². The lowest BCUT2D eigenvalue weighted by Crippen LogP contribution is -2.00. The highest BCUT2D eigenvalue weighted by Crippen LogP contribution is 2.28. The third-order valence-corrected chi connectivity index (χ3v) is 3.52. The summed E-state index contributed by atoms with van der Waals surface area (Å²) in [6.07, 6.45) is 4.44. The van der Waals surface area contributed by atoms with Crippen LogP contribution in [0.25, 0.3) is 16.3 Å². The molecule has 0 radical (unpaired) electrons. The Kier molecular flexibility index (Phi) is 2.85. The number of carboxylic acids is 1. The van der Waals surface area contributed by atoms with E-state index in [4.69, 9.17) is 5.11 Å². The van der Waals surface area contributed by atoms with Gasteiger partial charge in [0.15, 0.2) is 5.82 Å². The van der Waals surface area contributed by atoms with Crippen LogP contribution in [-0.4, -0.2) is 25.8 Å². The summed E-state index contributed by atoms with van der Waals surface area (Å²) in [5, 5.41) is 15.0. The fourth-order valence-corrected chi connectivity index (χ4v) is 2.50. The first-order chi connectivity index (χ1) is 9.25. The highest BCUT2D eigenvalue weighted by molar-refractivity contribution is 7.13. The molecule has 0 aliphatic rings. The molecule has 1 N–H and O–H groups in total. The van der Waals surface area contributed by atoms with Gasteiger partial charge in [0.2, 0.25) is 0 Å². The molecule has 0 aliphatic heterocycles. The van der Waals surface area contributed by atoms with E-state index in [9.17, 15) is 4.79 Å². The monoisotopic (exact) mass is 271 g/mol. The number of pyridine rings is 1. The van der Waals surface area contributed by atoms with Crippen LogP contribution in [-0.2, 0) is 0 Å². The summed E-state index contributed by atoms with van der Waals surface area (Å²) in [6.45, 7) is 0. The third-order valence-electron chi connectivity index (χ3n) is 2.62. The minimum atomic E-state index is -1.00. The van der Waals surface area contributed by atoms with Crippen molar-refractivity contribution in [1.29, 1.82) is 0 Å². The standard InChI is InChI=1S/C13H9N3O2S/c17-13(18)9-7-15-16(8-9)12-10(3-1-5-14-12)11-4-2-6-19-11/h1-8H,(H,17,18). The molecule has 0 saturated heterocycles. The van der Waals surface area contributed by atoms with Crippen LogP contribution in [0.15, 0.2) is 48.2 Å². The maximum atomic E-state index is 10.9. The van der Waals surface area contributed by atoms with Crippen molar-refractivity contribution in [2.75, 3.05) is 0 Å². The van der Waals surface area contributed by atoms with Crippen molar-refractivity contribution < 1.29 is 9.90 Å². The van der Waals surface area contributed by atoms with Crippen molar-refractivity contribution in [3.05, 3.63) is 53.8 Å². The van der Waals surface area contributed by atoms with Crippen molar-refractivity contribution >= 4 is 17.3 Å². The molecule has 0 atom stereocenters. The first-order valence-corrected chi connectivity index (χ1v) is 6.41. The molecule has 3 aromatic rings. The van der Waals surface area contributed by atoms with Crippen LogP contribution in [0.2, 0.25) is 0 Å². The lowest BCUT2D eigenvalue weighted by molar-refractivity contribution is 0.0697. The van der Waals surface area contributed by atoms with E-state index >= 15 is 0 Å². The maximum Gasteiger partial charge on any atom is 0.338 e. The van der Waals surface area contributed by atoms with E-state index in [0.717, 1.165) is 10.4 Å². The second kappa shape index (κ2) is 4.66.